The number of Topliss-reactive ketones (excluding diaryl/α,β-unsaturated/α-hetero) is 3. The summed E-state index contributed by atoms with van der Waals surface area (Å²) in [6, 6.07) is 42.1. The third-order valence-corrected chi connectivity index (χ3v) is 23.9. The molecule has 0 spiro atoms. The van der Waals surface area contributed by atoms with Gasteiger partial charge in [0, 0.05) is 112 Å². The second-order valence-electron chi connectivity index (χ2n) is 30.9. The molecule has 12 aromatic rings. The fraction of sp³-hybridized carbons (Fsp3) is 0.228. The highest BCUT2D eigenvalue weighted by Gasteiger charge is 2.57. The number of allylic oxidation sites excluding steroid dienone is 7. The number of benzene rings is 6. The summed E-state index contributed by atoms with van der Waals surface area (Å²) in [4.78, 5) is 92.6. The Balaban J connectivity index is 0.000000127. The van der Waals surface area contributed by atoms with Crippen LogP contribution in [-0.4, -0.2) is 62.2 Å². The Morgan fingerprint density at radius 3 is 1.22 bits per heavy atom. The molecule has 0 radical (unpaired) electrons. The monoisotopic (exact) mass is 1480 g/mol. The van der Waals surface area contributed by atoms with E-state index in [9.17, 15) is 23.2 Å². The highest BCUT2D eigenvalue weighted by Crippen LogP contribution is 2.58. The summed E-state index contributed by atoms with van der Waals surface area (Å²) < 4.78 is 74.7. The number of ketones is 3. The first-order chi connectivity index (χ1) is 53.7. The highest BCUT2D eigenvalue weighted by molar-refractivity contribution is 6.11. The van der Waals surface area contributed by atoms with Crippen LogP contribution in [-0.2, 0) is 49.9 Å². The third-order valence-electron chi connectivity index (χ3n) is 23.9. The SMILES string of the molecule is [C-]#[N+]C1=C[C@@]2(C)c3nc(-c4cccc5ncccc45)nc(-c4ccccc4F)c3CC[C@@H]2C(C)(C)C1=O.[C-]#[N+]C1=C[C@@]2(C)c3nc(-c4ccnc5c(F)cccc45)nc(-c4ccccc4F)c3CC[C@@H]2C(C)(C)C1=O.[C-]#[N+]C1=C[C@]2(C)C(=C(C)C1=O)CCc1c(-c3ccccc3F)nc(-c3ccnc4c(F)cccc34)nc12. The van der Waals surface area contributed by atoms with Gasteiger partial charge in [0.15, 0.2) is 34.8 Å². The van der Waals surface area contributed by atoms with Crippen LogP contribution in [0.3, 0.4) is 0 Å². The molecule has 20 heteroatoms. The lowest BCUT2D eigenvalue weighted by molar-refractivity contribution is -0.129. The van der Waals surface area contributed by atoms with Crippen LogP contribution in [0.4, 0.5) is 22.0 Å². The normalized spacial score (nSPS) is 20.9. The number of para-hydroxylation sites is 2. The number of carbonyl (C=O) groups is 3. The maximum absolute atomic E-state index is 15.2. The number of halogens is 5. The van der Waals surface area contributed by atoms with Crippen molar-refractivity contribution in [2.75, 3.05) is 0 Å². The zero-order chi connectivity index (χ0) is 78.7. The Labute approximate surface area is 642 Å². The number of fused-ring (bicyclic) bond motifs is 12. The molecule has 550 valence electrons. The van der Waals surface area contributed by atoms with Gasteiger partial charge in [-0.05, 0) is 148 Å². The number of pyridine rings is 3. The smallest absolute Gasteiger partial charge is 0.231 e. The molecule has 6 aromatic carbocycles. The van der Waals surface area contributed by atoms with E-state index in [4.69, 9.17) is 49.6 Å². The summed E-state index contributed by atoms with van der Waals surface area (Å²) in [6.07, 6.45) is 13.6. The first-order valence-corrected chi connectivity index (χ1v) is 36.8. The van der Waals surface area contributed by atoms with Crippen LogP contribution in [0.15, 0.2) is 217 Å². The molecule has 0 saturated heterocycles. The van der Waals surface area contributed by atoms with E-state index in [0.29, 0.717) is 129 Å². The van der Waals surface area contributed by atoms with E-state index in [1.807, 2.05) is 71.9 Å². The molecule has 6 aromatic heterocycles. The van der Waals surface area contributed by atoms with Crippen molar-refractivity contribution in [1.82, 2.24) is 44.9 Å². The summed E-state index contributed by atoms with van der Waals surface area (Å²) in [5.74, 6) is -1.76. The van der Waals surface area contributed by atoms with Crippen molar-refractivity contribution in [3.63, 3.8) is 0 Å². The van der Waals surface area contributed by atoms with E-state index in [1.54, 1.807) is 122 Å². The van der Waals surface area contributed by atoms with Crippen LogP contribution in [0.2, 0.25) is 0 Å². The fourth-order valence-electron chi connectivity index (χ4n) is 18.5. The number of aromatic nitrogens is 9. The maximum atomic E-state index is 15.2. The predicted octanol–water partition coefficient (Wildman–Crippen LogP) is 20.1. The summed E-state index contributed by atoms with van der Waals surface area (Å²) in [6.45, 7) is 38.3. The number of hydrogen-bond acceptors (Lipinski definition) is 12. The fourth-order valence-corrected chi connectivity index (χ4v) is 18.5. The second kappa shape index (κ2) is 27.5. The van der Waals surface area contributed by atoms with E-state index in [-0.39, 0.29) is 63.1 Å². The van der Waals surface area contributed by atoms with Gasteiger partial charge in [-0.3, -0.25) is 15.0 Å². The Kier molecular flexibility index (Phi) is 17.9. The van der Waals surface area contributed by atoms with Gasteiger partial charge in [-0.25, -0.2) is 66.4 Å². The molecule has 0 N–H and O–H groups in total. The molecule has 112 heavy (non-hydrogen) atoms. The second-order valence-corrected chi connectivity index (χ2v) is 30.9. The van der Waals surface area contributed by atoms with Crippen LogP contribution in [0.5, 0.6) is 0 Å². The van der Waals surface area contributed by atoms with Crippen molar-refractivity contribution in [1.29, 1.82) is 0 Å². The molecule has 0 saturated carbocycles. The van der Waals surface area contributed by atoms with Gasteiger partial charge in [-0.15, -0.1) is 0 Å². The van der Waals surface area contributed by atoms with Gasteiger partial charge in [0.05, 0.1) is 59.4 Å². The van der Waals surface area contributed by atoms with Crippen molar-refractivity contribution in [3.8, 4) is 67.9 Å². The molecule has 6 heterocycles. The molecule has 0 bridgehead atoms. The van der Waals surface area contributed by atoms with E-state index >= 15 is 13.2 Å². The van der Waals surface area contributed by atoms with Crippen LogP contribution in [0, 0.1) is 71.5 Å². The lowest BCUT2D eigenvalue weighted by Crippen LogP contribution is -2.51. The molecule has 18 rings (SSSR count). The summed E-state index contributed by atoms with van der Waals surface area (Å²) >= 11 is 0. The van der Waals surface area contributed by atoms with Crippen LogP contribution in [0.1, 0.15) is 108 Å². The summed E-state index contributed by atoms with van der Waals surface area (Å²) in [5.41, 5.74) is 8.10. The standard InChI is InChI=1S/C31H24F2N4O.C31H25FN4O.C30H20F2N4O/c1-30(2)24-13-12-20-25(19-8-5-6-10-21(19)32)36-29(18-14-15-35-26-17(18)9-7-11-22(26)33)37-27(20)31(24,3)16-23(34-4)28(30)38;1-30(2)25-15-14-21-26(20-9-5-6-12-22(20)32)35-29(19-10-7-13-23-18(19)11-8-16-34-23)36-27(21)31(25,3)17-24(33-4)28(30)37;1-16-21-12-11-20-25(19-7-4-5-9-22(19)31)35-29(18-13-14-34-26-17(18)8-6-10-23(26)32)36-28(20)30(21,2)15-24(33-3)27(16)37/h5-11,14-16,24H,12-13H2,1-3H3;5-13,16-17,25H,14-15H2,1-3H3;4-10,13-15H,11-12H2,1-2H3/t24-,31-;25-,31-;30-/m111/s1. The molecule has 6 aliphatic carbocycles. The van der Waals surface area contributed by atoms with Gasteiger partial charge in [-0.1, -0.05) is 139 Å². The van der Waals surface area contributed by atoms with Crippen molar-refractivity contribution in [2.45, 2.75) is 110 Å². The number of nitrogens with zero attached hydrogens (tertiary/aromatic N) is 12. The predicted molar refractivity (Wildman–Crippen MR) is 418 cm³/mol. The average molecular weight is 1490 g/mol. The molecule has 0 amide bonds. The largest absolute Gasteiger partial charge is 0.307 e. The van der Waals surface area contributed by atoms with Gasteiger partial charge in [-0.2, -0.15) is 0 Å². The molecule has 0 aliphatic heterocycles. The van der Waals surface area contributed by atoms with Crippen molar-refractivity contribution in [3.05, 3.63) is 314 Å². The van der Waals surface area contributed by atoms with Gasteiger partial charge >= 0.3 is 0 Å². The third kappa shape index (κ3) is 11.6. The van der Waals surface area contributed by atoms with Crippen LogP contribution >= 0.6 is 0 Å². The van der Waals surface area contributed by atoms with Gasteiger partial charge in [0.2, 0.25) is 17.1 Å². The molecule has 15 nitrogen and oxygen atoms in total. The lowest BCUT2D eigenvalue weighted by Gasteiger charge is -2.50. The molecule has 5 atom stereocenters. The van der Waals surface area contributed by atoms with Gasteiger partial charge in [0.1, 0.15) is 40.1 Å². The van der Waals surface area contributed by atoms with E-state index in [0.717, 1.165) is 44.4 Å². The Hall–Kier alpha value is -13.1. The van der Waals surface area contributed by atoms with Crippen molar-refractivity contribution in [2.24, 2.45) is 22.7 Å². The van der Waals surface area contributed by atoms with E-state index in [1.165, 1.54) is 42.7 Å². The van der Waals surface area contributed by atoms with E-state index in [2.05, 4.69) is 36.4 Å². The zero-order valence-corrected chi connectivity index (χ0v) is 62.3. The maximum Gasteiger partial charge on any atom is 0.231 e. The molecular formula is C92H69F5N12O3. The Morgan fingerprint density at radius 1 is 0.384 bits per heavy atom. The van der Waals surface area contributed by atoms with Gasteiger partial charge in [0.25, 0.3) is 0 Å². The highest BCUT2D eigenvalue weighted by atomic mass is 19.1. The minimum Gasteiger partial charge on any atom is -0.307 e. The molecule has 0 fully saturated rings. The first kappa shape index (κ1) is 73.0. The first-order valence-electron chi connectivity index (χ1n) is 36.8. The van der Waals surface area contributed by atoms with Crippen molar-refractivity contribution >= 4 is 50.1 Å². The minimum absolute atomic E-state index is 0.0423. The quantitative estimate of drug-likeness (QED) is 0.114. The van der Waals surface area contributed by atoms with Crippen molar-refractivity contribution < 1.29 is 36.3 Å². The Bertz CT molecular complexity index is 6390. The minimum atomic E-state index is -0.850. The molecule has 0 unspecified atom stereocenters. The average Bonchev–Trinajstić information content (AvgIpc) is 0.719. The lowest BCUT2D eigenvalue weighted by atomic mass is 9.53. The van der Waals surface area contributed by atoms with Gasteiger partial charge < -0.3 is 14.4 Å². The number of hydrogen-bond donors (Lipinski definition) is 0. The summed E-state index contributed by atoms with van der Waals surface area (Å²) in [5, 5.41) is 1.98. The summed E-state index contributed by atoms with van der Waals surface area (Å²) in [7, 11) is 0. The molecular weight excluding hydrogens is 1420 g/mol. The zero-order valence-electron chi connectivity index (χ0n) is 62.3. The number of carbonyl (C=O) groups excluding carboxylic acids is 3. The Morgan fingerprint density at radius 2 is 0.777 bits per heavy atom. The molecule has 6 aliphatic rings. The van der Waals surface area contributed by atoms with Crippen LogP contribution in [0.25, 0.3) is 115 Å². The topological polar surface area (TPSA) is 180 Å². The van der Waals surface area contributed by atoms with E-state index < -0.39 is 50.3 Å². The number of rotatable bonds is 6. The van der Waals surface area contributed by atoms with Crippen LogP contribution < -0.4 is 0 Å².